The molecular formula is C24H37N3O2. The Balaban J connectivity index is 2.03. The molecule has 160 valence electrons. The van der Waals surface area contributed by atoms with Crippen LogP contribution < -0.4 is 10.1 Å². The molecule has 1 N–H and O–H groups in total. The van der Waals surface area contributed by atoms with Gasteiger partial charge in [-0.25, -0.2) is 0 Å². The second-order valence-electron chi connectivity index (χ2n) is 7.64. The van der Waals surface area contributed by atoms with Crippen LogP contribution >= 0.6 is 0 Å². The van der Waals surface area contributed by atoms with Gasteiger partial charge in [-0.2, -0.15) is 0 Å². The van der Waals surface area contributed by atoms with E-state index in [0.29, 0.717) is 13.1 Å². The molecular weight excluding hydrogens is 362 g/mol. The predicted molar refractivity (Wildman–Crippen MR) is 119 cm³/mol. The summed E-state index contributed by atoms with van der Waals surface area (Å²) >= 11 is 0. The SMILES string of the molecule is CCCCCNCC(=O)N(Cc1cccn1Cc1cccc(OC)c1)C(C)CC. The van der Waals surface area contributed by atoms with Gasteiger partial charge in [-0.15, -0.1) is 0 Å². The zero-order valence-electron chi connectivity index (χ0n) is 18.5. The molecule has 2 aromatic rings. The van der Waals surface area contributed by atoms with Gasteiger partial charge in [0.05, 0.1) is 20.2 Å². The lowest BCUT2D eigenvalue weighted by molar-refractivity contribution is -0.133. The Morgan fingerprint density at radius 1 is 1.21 bits per heavy atom. The van der Waals surface area contributed by atoms with Crippen molar-refractivity contribution in [2.75, 3.05) is 20.2 Å². The van der Waals surface area contributed by atoms with E-state index in [0.717, 1.165) is 37.4 Å². The van der Waals surface area contributed by atoms with Gasteiger partial charge in [-0.05, 0) is 56.1 Å². The molecule has 1 amide bonds. The van der Waals surface area contributed by atoms with Gasteiger partial charge < -0.3 is 19.5 Å². The van der Waals surface area contributed by atoms with Crippen LogP contribution in [-0.4, -0.2) is 41.6 Å². The number of hydrogen-bond acceptors (Lipinski definition) is 3. The van der Waals surface area contributed by atoms with Gasteiger partial charge in [0.2, 0.25) is 5.91 Å². The monoisotopic (exact) mass is 399 g/mol. The highest BCUT2D eigenvalue weighted by molar-refractivity contribution is 5.78. The third kappa shape index (κ3) is 7.24. The molecule has 1 unspecified atom stereocenters. The summed E-state index contributed by atoms with van der Waals surface area (Å²) in [6, 6.07) is 12.5. The first-order valence-corrected chi connectivity index (χ1v) is 10.9. The van der Waals surface area contributed by atoms with Gasteiger partial charge in [-0.3, -0.25) is 4.79 Å². The fourth-order valence-corrected chi connectivity index (χ4v) is 3.40. The first kappa shape index (κ1) is 23.0. The molecule has 0 aliphatic rings. The minimum atomic E-state index is 0.171. The molecule has 2 rings (SSSR count). The Hall–Kier alpha value is -2.27. The van der Waals surface area contributed by atoms with E-state index in [-0.39, 0.29) is 11.9 Å². The number of benzene rings is 1. The van der Waals surface area contributed by atoms with Gasteiger partial charge >= 0.3 is 0 Å². The van der Waals surface area contributed by atoms with Crippen LogP contribution in [0.3, 0.4) is 0 Å². The standard InChI is InChI=1S/C24H37N3O2/c1-5-7-8-14-25-17-24(28)27(20(3)6-2)19-22-12-10-15-26(22)18-21-11-9-13-23(16-21)29-4/h9-13,15-16,20,25H,5-8,14,17-19H2,1-4H3. The highest BCUT2D eigenvalue weighted by atomic mass is 16.5. The summed E-state index contributed by atoms with van der Waals surface area (Å²) in [7, 11) is 1.69. The fraction of sp³-hybridized carbons (Fsp3) is 0.542. The van der Waals surface area contributed by atoms with Crippen molar-refractivity contribution in [1.82, 2.24) is 14.8 Å². The van der Waals surface area contributed by atoms with Crippen LogP contribution in [0.15, 0.2) is 42.6 Å². The molecule has 0 bridgehead atoms. The molecule has 5 nitrogen and oxygen atoms in total. The smallest absolute Gasteiger partial charge is 0.237 e. The normalized spacial score (nSPS) is 12.0. The van der Waals surface area contributed by atoms with Gasteiger partial charge in [-0.1, -0.05) is 38.8 Å². The number of methoxy groups -OCH3 is 1. The van der Waals surface area contributed by atoms with Crippen molar-refractivity contribution in [1.29, 1.82) is 0 Å². The summed E-state index contributed by atoms with van der Waals surface area (Å²) in [5, 5.41) is 3.31. The molecule has 1 aromatic heterocycles. The molecule has 1 aromatic carbocycles. The molecule has 0 radical (unpaired) electrons. The van der Waals surface area contributed by atoms with Gasteiger partial charge in [0.1, 0.15) is 5.75 Å². The molecule has 0 aliphatic heterocycles. The molecule has 0 saturated carbocycles. The van der Waals surface area contributed by atoms with Crippen molar-refractivity contribution >= 4 is 5.91 Å². The predicted octanol–water partition coefficient (Wildman–Crippen LogP) is 4.45. The highest BCUT2D eigenvalue weighted by Crippen LogP contribution is 2.17. The lowest BCUT2D eigenvalue weighted by atomic mass is 10.2. The van der Waals surface area contributed by atoms with Crippen molar-refractivity contribution in [3.05, 3.63) is 53.9 Å². The number of carbonyl (C=O) groups is 1. The number of nitrogens with zero attached hydrogens (tertiary/aromatic N) is 2. The Morgan fingerprint density at radius 3 is 2.76 bits per heavy atom. The number of nitrogens with one attached hydrogen (secondary N) is 1. The van der Waals surface area contributed by atoms with Crippen LogP contribution in [0.1, 0.15) is 57.7 Å². The average molecular weight is 400 g/mol. The number of rotatable bonds is 13. The van der Waals surface area contributed by atoms with Gasteiger partial charge in [0, 0.05) is 24.5 Å². The summed E-state index contributed by atoms with van der Waals surface area (Å²) < 4.78 is 7.55. The topological polar surface area (TPSA) is 46.5 Å². The Kier molecular flexibility index (Phi) is 9.78. The van der Waals surface area contributed by atoms with E-state index in [4.69, 9.17) is 4.74 Å². The molecule has 1 heterocycles. The van der Waals surface area contributed by atoms with Crippen molar-refractivity contribution < 1.29 is 9.53 Å². The maximum atomic E-state index is 12.9. The molecule has 0 fully saturated rings. The van der Waals surface area contributed by atoms with Gasteiger partial charge in [0.25, 0.3) is 0 Å². The number of amides is 1. The third-order valence-electron chi connectivity index (χ3n) is 5.42. The molecule has 0 spiro atoms. The van der Waals surface area contributed by atoms with E-state index < -0.39 is 0 Å². The van der Waals surface area contributed by atoms with E-state index >= 15 is 0 Å². The van der Waals surface area contributed by atoms with Crippen molar-refractivity contribution in [3.63, 3.8) is 0 Å². The van der Waals surface area contributed by atoms with Crippen LogP contribution in [0.2, 0.25) is 0 Å². The average Bonchev–Trinajstić information content (AvgIpc) is 3.17. The van der Waals surface area contributed by atoms with Crippen molar-refractivity contribution in [2.24, 2.45) is 0 Å². The number of aromatic nitrogens is 1. The first-order valence-electron chi connectivity index (χ1n) is 10.9. The minimum Gasteiger partial charge on any atom is -0.497 e. The summed E-state index contributed by atoms with van der Waals surface area (Å²) in [5.74, 6) is 1.03. The van der Waals surface area contributed by atoms with Crippen LogP contribution in [0.5, 0.6) is 5.75 Å². The number of carbonyl (C=O) groups excluding carboxylic acids is 1. The number of hydrogen-bond donors (Lipinski definition) is 1. The molecule has 29 heavy (non-hydrogen) atoms. The zero-order chi connectivity index (χ0) is 21.1. The number of ether oxygens (including phenoxy) is 1. The second kappa shape index (κ2) is 12.3. The molecule has 0 aliphatic carbocycles. The summed E-state index contributed by atoms with van der Waals surface area (Å²) in [5.41, 5.74) is 2.33. The van der Waals surface area contributed by atoms with E-state index in [1.807, 2.05) is 17.0 Å². The van der Waals surface area contributed by atoms with E-state index in [2.05, 4.69) is 61.1 Å². The summed E-state index contributed by atoms with van der Waals surface area (Å²) in [6.07, 6.45) is 6.54. The maximum absolute atomic E-state index is 12.9. The fourth-order valence-electron chi connectivity index (χ4n) is 3.40. The van der Waals surface area contributed by atoms with E-state index in [9.17, 15) is 4.79 Å². The molecule has 1 atom stereocenters. The molecule has 5 heteroatoms. The highest BCUT2D eigenvalue weighted by Gasteiger charge is 2.20. The first-order chi connectivity index (χ1) is 14.1. The zero-order valence-corrected chi connectivity index (χ0v) is 18.5. The number of unbranched alkanes of at least 4 members (excludes halogenated alkanes) is 2. The largest absolute Gasteiger partial charge is 0.497 e. The van der Waals surface area contributed by atoms with Gasteiger partial charge in [0.15, 0.2) is 0 Å². The summed E-state index contributed by atoms with van der Waals surface area (Å²) in [6.45, 7) is 9.15. The third-order valence-corrected chi connectivity index (χ3v) is 5.42. The minimum absolute atomic E-state index is 0.171. The Morgan fingerprint density at radius 2 is 2.03 bits per heavy atom. The summed E-state index contributed by atoms with van der Waals surface area (Å²) in [4.78, 5) is 14.9. The molecule has 0 saturated heterocycles. The van der Waals surface area contributed by atoms with E-state index in [1.54, 1.807) is 7.11 Å². The van der Waals surface area contributed by atoms with E-state index in [1.165, 1.54) is 18.4 Å². The van der Waals surface area contributed by atoms with Crippen molar-refractivity contribution in [3.8, 4) is 5.75 Å². The van der Waals surface area contributed by atoms with Crippen molar-refractivity contribution in [2.45, 2.75) is 65.6 Å². The van der Waals surface area contributed by atoms with Crippen LogP contribution in [0, 0.1) is 0 Å². The van der Waals surface area contributed by atoms with Crippen LogP contribution in [0.25, 0.3) is 0 Å². The van der Waals surface area contributed by atoms with Crippen LogP contribution in [0.4, 0.5) is 0 Å². The lowest BCUT2D eigenvalue weighted by Crippen LogP contribution is -2.43. The Bertz CT molecular complexity index is 741. The maximum Gasteiger partial charge on any atom is 0.237 e. The van der Waals surface area contributed by atoms with Crippen LogP contribution in [-0.2, 0) is 17.9 Å². The quantitative estimate of drug-likeness (QED) is 0.506. The second-order valence-corrected chi connectivity index (χ2v) is 7.64. The lowest BCUT2D eigenvalue weighted by Gasteiger charge is -2.29. The Labute approximate surface area is 176 Å².